The molecule has 96 valence electrons. The third-order valence-corrected chi connectivity index (χ3v) is 3.48. The number of aliphatic carboxylic acids is 1. The highest BCUT2D eigenvalue weighted by Crippen LogP contribution is 2.46. The molecule has 0 aliphatic heterocycles. The molecule has 1 aromatic carbocycles. The third kappa shape index (κ3) is 2.37. The lowest BCUT2D eigenvalue weighted by molar-refractivity contribution is -0.149. The van der Waals surface area contributed by atoms with Crippen LogP contribution in [0.3, 0.4) is 0 Å². The average Bonchev–Trinajstić information content (AvgIpc) is 3.18. The molecule has 1 aliphatic carbocycles. The number of amides is 1. The summed E-state index contributed by atoms with van der Waals surface area (Å²) in [6, 6.07) is 7.95. The minimum atomic E-state index is -1.15. The quantitative estimate of drug-likeness (QED) is 0.779. The maximum Gasteiger partial charge on any atom is 0.319 e. The van der Waals surface area contributed by atoms with Crippen molar-refractivity contribution < 1.29 is 14.7 Å². The smallest absolute Gasteiger partial charge is 0.319 e. The van der Waals surface area contributed by atoms with Crippen LogP contribution >= 0.6 is 0 Å². The van der Waals surface area contributed by atoms with E-state index >= 15 is 0 Å². The molecule has 1 saturated carbocycles. The van der Waals surface area contributed by atoms with Gasteiger partial charge in [-0.05, 0) is 30.4 Å². The van der Waals surface area contributed by atoms with Crippen molar-refractivity contribution in [3.63, 3.8) is 0 Å². The van der Waals surface area contributed by atoms with E-state index in [2.05, 4.69) is 12.2 Å². The predicted molar refractivity (Wildman–Crippen MR) is 67.0 cm³/mol. The van der Waals surface area contributed by atoms with E-state index in [1.807, 2.05) is 24.3 Å². The van der Waals surface area contributed by atoms with E-state index in [4.69, 9.17) is 5.11 Å². The highest BCUT2D eigenvalue weighted by Gasteiger charge is 2.56. The largest absolute Gasteiger partial charge is 0.480 e. The molecule has 2 rings (SSSR count). The highest BCUT2D eigenvalue weighted by molar-refractivity contribution is 6.04. The van der Waals surface area contributed by atoms with Crippen LogP contribution in [0.4, 0.5) is 0 Å². The Bertz CT molecular complexity index is 460. The summed E-state index contributed by atoms with van der Waals surface area (Å²) in [5.74, 6) is -1.38. The summed E-state index contributed by atoms with van der Waals surface area (Å²) in [7, 11) is 0. The number of nitrogens with one attached hydrogen (secondary N) is 1. The van der Waals surface area contributed by atoms with Crippen LogP contribution in [0.1, 0.15) is 30.9 Å². The van der Waals surface area contributed by atoms with E-state index in [1.54, 1.807) is 0 Å². The highest BCUT2D eigenvalue weighted by atomic mass is 16.4. The Balaban J connectivity index is 1.91. The molecule has 0 spiro atoms. The lowest BCUT2D eigenvalue weighted by Gasteiger charge is -2.11. The molecule has 1 aromatic rings. The molecule has 0 saturated heterocycles. The Hall–Kier alpha value is -1.84. The maximum atomic E-state index is 11.8. The van der Waals surface area contributed by atoms with Crippen molar-refractivity contribution >= 4 is 11.9 Å². The fourth-order valence-electron chi connectivity index (χ4n) is 1.91. The Morgan fingerprint density at radius 1 is 1.22 bits per heavy atom. The number of carboxylic acids is 1. The van der Waals surface area contributed by atoms with E-state index in [-0.39, 0.29) is 5.91 Å². The summed E-state index contributed by atoms with van der Waals surface area (Å²) < 4.78 is 0. The third-order valence-electron chi connectivity index (χ3n) is 3.48. The molecule has 0 heterocycles. The van der Waals surface area contributed by atoms with Crippen LogP contribution in [0.2, 0.25) is 0 Å². The van der Waals surface area contributed by atoms with Gasteiger partial charge >= 0.3 is 5.97 Å². The Kier molecular flexibility index (Phi) is 3.36. The summed E-state index contributed by atoms with van der Waals surface area (Å²) in [4.78, 5) is 22.7. The van der Waals surface area contributed by atoms with Gasteiger partial charge < -0.3 is 10.4 Å². The average molecular weight is 247 g/mol. The van der Waals surface area contributed by atoms with Crippen molar-refractivity contribution in [3.05, 3.63) is 35.4 Å². The molecule has 1 amide bonds. The van der Waals surface area contributed by atoms with Crippen molar-refractivity contribution in [1.29, 1.82) is 0 Å². The fourth-order valence-corrected chi connectivity index (χ4v) is 1.91. The molecule has 0 radical (unpaired) electrons. The number of carboxylic acid groups (broad SMARTS) is 1. The van der Waals surface area contributed by atoms with Crippen LogP contribution in [-0.4, -0.2) is 17.0 Å². The normalized spacial score (nSPS) is 16.1. The lowest BCUT2D eigenvalue weighted by atomic mass is 10.1. The zero-order valence-corrected chi connectivity index (χ0v) is 10.4. The molecular weight excluding hydrogens is 230 g/mol. The number of aryl methyl sites for hydroxylation is 1. The first-order valence-corrected chi connectivity index (χ1v) is 6.18. The van der Waals surface area contributed by atoms with Crippen molar-refractivity contribution in [2.45, 2.75) is 32.7 Å². The molecule has 1 aliphatic rings. The monoisotopic (exact) mass is 247 g/mol. The van der Waals surface area contributed by atoms with Gasteiger partial charge in [0.2, 0.25) is 5.91 Å². The summed E-state index contributed by atoms with van der Waals surface area (Å²) in [5.41, 5.74) is 1.08. The van der Waals surface area contributed by atoms with Gasteiger partial charge in [-0.15, -0.1) is 0 Å². The minimum Gasteiger partial charge on any atom is -0.480 e. The number of hydrogen-bond donors (Lipinski definition) is 2. The first kappa shape index (κ1) is 12.6. The molecule has 0 bridgehead atoms. The van der Waals surface area contributed by atoms with Gasteiger partial charge in [0.05, 0.1) is 0 Å². The first-order valence-electron chi connectivity index (χ1n) is 6.18. The number of benzene rings is 1. The molecule has 18 heavy (non-hydrogen) atoms. The first-order chi connectivity index (χ1) is 8.58. The van der Waals surface area contributed by atoms with Crippen LogP contribution in [0.5, 0.6) is 0 Å². The van der Waals surface area contributed by atoms with Crippen LogP contribution in [0.15, 0.2) is 24.3 Å². The van der Waals surface area contributed by atoms with Gasteiger partial charge in [-0.3, -0.25) is 9.59 Å². The van der Waals surface area contributed by atoms with Crippen molar-refractivity contribution in [2.75, 3.05) is 0 Å². The number of hydrogen-bond acceptors (Lipinski definition) is 2. The zero-order chi connectivity index (χ0) is 13.2. The second-order valence-corrected chi connectivity index (χ2v) is 4.74. The van der Waals surface area contributed by atoms with Gasteiger partial charge in [-0.1, -0.05) is 31.2 Å². The molecule has 1 fully saturated rings. The topological polar surface area (TPSA) is 66.4 Å². The van der Waals surface area contributed by atoms with Crippen LogP contribution < -0.4 is 5.32 Å². The van der Waals surface area contributed by atoms with Crippen molar-refractivity contribution in [1.82, 2.24) is 5.32 Å². The van der Waals surface area contributed by atoms with E-state index < -0.39 is 11.4 Å². The predicted octanol–water partition coefficient (Wildman–Crippen LogP) is 1.73. The van der Waals surface area contributed by atoms with E-state index in [0.717, 1.165) is 12.0 Å². The second-order valence-electron chi connectivity index (χ2n) is 4.74. The summed E-state index contributed by atoms with van der Waals surface area (Å²) in [5, 5.41) is 11.7. The molecule has 0 atom stereocenters. The van der Waals surface area contributed by atoms with Crippen molar-refractivity contribution in [3.8, 4) is 0 Å². The van der Waals surface area contributed by atoms with E-state index in [0.29, 0.717) is 19.4 Å². The van der Waals surface area contributed by atoms with E-state index in [9.17, 15) is 9.59 Å². The fraction of sp³-hybridized carbons (Fsp3) is 0.429. The van der Waals surface area contributed by atoms with Gasteiger partial charge in [0, 0.05) is 6.54 Å². The SMILES string of the molecule is CCc1ccc(CNC(=O)C2(C(=O)O)CC2)cc1. The van der Waals surface area contributed by atoms with Gasteiger partial charge in [0.15, 0.2) is 0 Å². The van der Waals surface area contributed by atoms with Gasteiger partial charge in [0.25, 0.3) is 0 Å². The number of carbonyl (C=O) groups is 2. The Morgan fingerprint density at radius 3 is 2.22 bits per heavy atom. The number of rotatable bonds is 5. The van der Waals surface area contributed by atoms with Crippen LogP contribution in [0.25, 0.3) is 0 Å². The Morgan fingerprint density at radius 2 is 1.78 bits per heavy atom. The van der Waals surface area contributed by atoms with Gasteiger partial charge in [-0.2, -0.15) is 0 Å². The molecule has 2 N–H and O–H groups in total. The molecular formula is C14H17NO3. The van der Waals surface area contributed by atoms with Gasteiger partial charge in [-0.25, -0.2) is 0 Å². The molecule has 0 aromatic heterocycles. The molecule has 4 heteroatoms. The van der Waals surface area contributed by atoms with Gasteiger partial charge in [0.1, 0.15) is 5.41 Å². The standard InChI is InChI=1S/C14H17NO3/c1-2-10-3-5-11(6-4-10)9-15-12(16)14(7-8-14)13(17)18/h3-6H,2,7-9H2,1H3,(H,15,16)(H,17,18). The van der Waals surface area contributed by atoms with Crippen LogP contribution in [0, 0.1) is 5.41 Å². The maximum absolute atomic E-state index is 11.8. The van der Waals surface area contributed by atoms with E-state index in [1.165, 1.54) is 5.56 Å². The second kappa shape index (κ2) is 4.80. The zero-order valence-electron chi connectivity index (χ0n) is 10.4. The van der Waals surface area contributed by atoms with Crippen LogP contribution in [-0.2, 0) is 22.6 Å². The molecule has 0 unspecified atom stereocenters. The summed E-state index contributed by atoms with van der Waals surface area (Å²) in [6.45, 7) is 2.47. The lowest BCUT2D eigenvalue weighted by Crippen LogP contribution is -2.36. The summed E-state index contributed by atoms with van der Waals surface area (Å²) >= 11 is 0. The Labute approximate surface area is 106 Å². The minimum absolute atomic E-state index is 0.366. The summed E-state index contributed by atoms with van der Waals surface area (Å²) in [6.07, 6.45) is 1.88. The number of carbonyl (C=O) groups excluding carboxylic acids is 1. The van der Waals surface area contributed by atoms with Crippen molar-refractivity contribution in [2.24, 2.45) is 5.41 Å². The molecule has 4 nitrogen and oxygen atoms in total.